The van der Waals surface area contributed by atoms with Crippen LogP contribution in [0.1, 0.15) is 5.56 Å². The van der Waals surface area contributed by atoms with Crippen LogP contribution in [-0.2, 0) is 19.9 Å². The number of benzene rings is 1. The maximum Gasteiger partial charge on any atom is 0.240 e. The van der Waals surface area contributed by atoms with Crippen molar-refractivity contribution in [3.8, 4) is 6.07 Å². The molecule has 2 rings (SSSR count). The molecule has 2 N–H and O–H groups in total. The second-order valence-corrected chi connectivity index (χ2v) is 8.38. The lowest BCUT2D eigenvalue weighted by atomic mass is 10.2. The molecule has 0 radical (unpaired) electrons. The van der Waals surface area contributed by atoms with E-state index < -0.39 is 43.5 Å². The van der Waals surface area contributed by atoms with Gasteiger partial charge in [-0.15, -0.1) is 0 Å². The molecule has 1 aliphatic rings. The summed E-state index contributed by atoms with van der Waals surface area (Å²) in [4.78, 5) is -0.145. The van der Waals surface area contributed by atoms with Crippen molar-refractivity contribution in [2.24, 2.45) is 0 Å². The zero-order chi connectivity index (χ0) is 15.0. The quantitative estimate of drug-likeness (QED) is 0.736. The van der Waals surface area contributed by atoms with Crippen molar-refractivity contribution in [2.75, 3.05) is 11.5 Å². The molecule has 1 saturated heterocycles. The van der Waals surface area contributed by atoms with Crippen LogP contribution in [0.25, 0.3) is 0 Å². The maximum atomic E-state index is 12.1. The van der Waals surface area contributed by atoms with E-state index in [4.69, 9.17) is 5.26 Å². The van der Waals surface area contributed by atoms with E-state index >= 15 is 0 Å². The monoisotopic (exact) mass is 316 g/mol. The highest BCUT2D eigenvalue weighted by molar-refractivity contribution is 7.92. The van der Waals surface area contributed by atoms with Gasteiger partial charge in [-0.2, -0.15) is 5.26 Å². The van der Waals surface area contributed by atoms with Gasteiger partial charge in [-0.3, -0.25) is 0 Å². The summed E-state index contributed by atoms with van der Waals surface area (Å²) in [5, 5.41) is 18.3. The van der Waals surface area contributed by atoms with Crippen molar-refractivity contribution in [1.82, 2.24) is 4.72 Å². The van der Waals surface area contributed by atoms with Gasteiger partial charge in [-0.1, -0.05) is 6.07 Å². The lowest BCUT2D eigenvalue weighted by molar-refractivity contribution is 0.176. The first-order chi connectivity index (χ1) is 9.23. The molecule has 1 fully saturated rings. The molecule has 0 saturated carbocycles. The molecule has 9 heteroatoms. The zero-order valence-corrected chi connectivity index (χ0v) is 11.9. The van der Waals surface area contributed by atoms with Gasteiger partial charge >= 0.3 is 0 Å². The molecule has 0 aliphatic carbocycles. The molecule has 1 aromatic carbocycles. The summed E-state index contributed by atoms with van der Waals surface area (Å²) in [5.41, 5.74) is 0.174. The zero-order valence-electron chi connectivity index (χ0n) is 10.2. The van der Waals surface area contributed by atoms with Crippen molar-refractivity contribution in [1.29, 1.82) is 5.26 Å². The van der Waals surface area contributed by atoms with Gasteiger partial charge < -0.3 is 5.11 Å². The fourth-order valence-corrected chi connectivity index (χ4v) is 5.10. The summed E-state index contributed by atoms with van der Waals surface area (Å²) in [7, 11) is -7.43. The van der Waals surface area contributed by atoms with Crippen molar-refractivity contribution in [2.45, 2.75) is 17.0 Å². The molecular formula is C11H12N2O5S2. The minimum absolute atomic E-state index is 0.145. The van der Waals surface area contributed by atoms with Gasteiger partial charge in [0, 0.05) is 0 Å². The fraction of sp³-hybridized carbons (Fsp3) is 0.364. The molecule has 1 aromatic rings. The molecule has 0 aromatic heterocycles. The lowest BCUT2D eigenvalue weighted by Gasteiger charge is -2.15. The smallest absolute Gasteiger partial charge is 0.240 e. The predicted molar refractivity (Wildman–Crippen MR) is 69.9 cm³/mol. The van der Waals surface area contributed by atoms with Crippen LogP contribution in [0.3, 0.4) is 0 Å². The molecule has 1 heterocycles. The minimum atomic E-state index is -3.98. The maximum absolute atomic E-state index is 12.1. The Morgan fingerprint density at radius 1 is 1.35 bits per heavy atom. The Balaban J connectivity index is 2.26. The minimum Gasteiger partial charge on any atom is -0.390 e. The Morgan fingerprint density at radius 2 is 2.05 bits per heavy atom. The summed E-state index contributed by atoms with van der Waals surface area (Å²) in [6, 6.07) is 6.08. The van der Waals surface area contributed by atoms with Crippen molar-refractivity contribution in [3.63, 3.8) is 0 Å². The number of rotatable bonds is 3. The number of sulfone groups is 1. The van der Waals surface area contributed by atoms with E-state index in [1.165, 1.54) is 24.3 Å². The van der Waals surface area contributed by atoms with E-state index in [0.29, 0.717) is 0 Å². The van der Waals surface area contributed by atoms with Gasteiger partial charge in [-0.05, 0) is 18.2 Å². The Labute approximate surface area is 116 Å². The largest absolute Gasteiger partial charge is 0.390 e. The second kappa shape index (κ2) is 5.14. The molecule has 7 nitrogen and oxygen atoms in total. The van der Waals surface area contributed by atoms with Crippen LogP contribution in [0.2, 0.25) is 0 Å². The highest BCUT2D eigenvalue weighted by atomic mass is 32.2. The van der Waals surface area contributed by atoms with Gasteiger partial charge in [-0.25, -0.2) is 21.6 Å². The summed E-state index contributed by atoms with van der Waals surface area (Å²) < 4.78 is 49.0. The van der Waals surface area contributed by atoms with Gasteiger partial charge in [0.2, 0.25) is 10.0 Å². The van der Waals surface area contributed by atoms with Crippen LogP contribution in [0.15, 0.2) is 29.2 Å². The van der Waals surface area contributed by atoms with Crippen LogP contribution in [0.5, 0.6) is 0 Å². The summed E-state index contributed by atoms with van der Waals surface area (Å²) >= 11 is 0. The number of sulfonamides is 1. The van der Waals surface area contributed by atoms with Crippen LogP contribution in [0.4, 0.5) is 0 Å². The number of hydrogen-bond donors (Lipinski definition) is 2. The molecule has 20 heavy (non-hydrogen) atoms. The Bertz CT molecular complexity index is 764. The van der Waals surface area contributed by atoms with Crippen molar-refractivity contribution in [3.05, 3.63) is 29.8 Å². The molecule has 0 amide bonds. The third kappa shape index (κ3) is 3.16. The average molecular weight is 316 g/mol. The van der Waals surface area contributed by atoms with E-state index in [-0.39, 0.29) is 10.5 Å². The van der Waals surface area contributed by atoms with Crippen LogP contribution < -0.4 is 4.72 Å². The Morgan fingerprint density at radius 3 is 2.60 bits per heavy atom. The number of aliphatic hydroxyl groups is 1. The van der Waals surface area contributed by atoms with Crippen molar-refractivity contribution < 1.29 is 21.9 Å². The molecule has 0 spiro atoms. The summed E-state index contributed by atoms with van der Waals surface area (Å²) in [6.45, 7) is 0. The van der Waals surface area contributed by atoms with Crippen LogP contribution in [0, 0.1) is 11.3 Å². The molecule has 0 unspecified atom stereocenters. The van der Waals surface area contributed by atoms with Gasteiger partial charge in [0.1, 0.15) is 0 Å². The van der Waals surface area contributed by atoms with Crippen LogP contribution >= 0.6 is 0 Å². The third-order valence-corrected chi connectivity index (χ3v) is 6.11. The van der Waals surface area contributed by atoms with E-state index in [0.717, 1.165) is 0 Å². The number of nitriles is 1. The highest BCUT2D eigenvalue weighted by Crippen LogP contribution is 2.17. The molecule has 1 aliphatic heterocycles. The van der Waals surface area contributed by atoms with Gasteiger partial charge in [0.15, 0.2) is 9.84 Å². The first-order valence-electron chi connectivity index (χ1n) is 5.64. The number of hydrogen-bond acceptors (Lipinski definition) is 6. The molecule has 2 atom stereocenters. The Hall–Kier alpha value is -1.47. The van der Waals surface area contributed by atoms with Gasteiger partial charge in [0.05, 0.1) is 40.2 Å². The van der Waals surface area contributed by atoms with Gasteiger partial charge in [0.25, 0.3) is 0 Å². The average Bonchev–Trinajstić information content (AvgIpc) is 2.61. The Kier molecular flexibility index (Phi) is 3.84. The third-order valence-electron chi connectivity index (χ3n) is 2.90. The van der Waals surface area contributed by atoms with E-state index in [9.17, 15) is 21.9 Å². The molecular weight excluding hydrogens is 304 g/mol. The number of aliphatic hydroxyl groups excluding tert-OH is 1. The lowest BCUT2D eigenvalue weighted by Crippen LogP contribution is -2.42. The summed E-state index contributed by atoms with van der Waals surface area (Å²) in [6.07, 6.45) is -1.27. The normalized spacial score (nSPS) is 25.2. The van der Waals surface area contributed by atoms with E-state index in [2.05, 4.69) is 4.72 Å². The first kappa shape index (κ1) is 14.9. The summed E-state index contributed by atoms with van der Waals surface area (Å²) in [5.74, 6) is -0.899. The standard InChI is InChI=1S/C11H12N2O5S2/c12-5-8-2-1-3-9(4-8)20(17,18)13-10-6-19(15,16)7-11(10)14/h1-4,10-11,13-14H,6-7H2/t10-,11-/m0/s1. The highest BCUT2D eigenvalue weighted by Gasteiger charge is 2.38. The first-order valence-corrected chi connectivity index (χ1v) is 8.95. The number of nitrogens with one attached hydrogen (secondary N) is 1. The van der Waals surface area contributed by atoms with E-state index in [1.807, 2.05) is 6.07 Å². The van der Waals surface area contributed by atoms with E-state index in [1.54, 1.807) is 0 Å². The van der Waals surface area contributed by atoms with Crippen LogP contribution in [-0.4, -0.2) is 45.6 Å². The topological polar surface area (TPSA) is 124 Å². The second-order valence-electron chi connectivity index (χ2n) is 4.51. The molecule has 0 bridgehead atoms. The molecule has 108 valence electrons. The number of nitrogens with zero attached hydrogens (tertiary/aromatic N) is 1. The SMILES string of the molecule is N#Cc1cccc(S(=O)(=O)N[C@H]2CS(=O)(=O)C[C@@H]2O)c1. The van der Waals surface area contributed by atoms with Crippen molar-refractivity contribution >= 4 is 19.9 Å². The predicted octanol–water partition coefficient (Wildman–Crippen LogP) is -1.01. The fourth-order valence-electron chi connectivity index (χ4n) is 1.94.